The largest absolute Gasteiger partial charge is 0.343 e. The maximum absolute atomic E-state index is 12.3. The molecular weight excluding hydrogens is 366 g/mol. The van der Waals surface area contributed by atoms with E-state index < -0.39 is 0 Å². The van der Waals surface area contributed by atoms with Gasteiger partial charge in [0.05, 0.1) is 6.54 Å². The van der Waals surface area contributed by atoms with Gasteiger partial charge in [0.25, 0.3) is 11.8 Å². The van der Waals surface area contributed by atoms with E-state index in [1.165, 1.54) is 0 Å². The van der Waals surface area contributed by atoms with E-state index in [1.54, 1.807) is 66.7 Å². The molecule has 6 heteroatoms. The lowest BCUT2D eigenvalue weighted by Gasteiger charge is -2.12. The molecule has 0 aliphatic heterocycles. The van der Waals surface area contributed by atoms with Crippen molar-refractivity contribution in [1.29, 1.82) is 0 Å². The van der Waals surface area contributed by atoms with E-state index in [4.69, 9.17) is 0 Å². The van der Waals surface area contributed by atoms with Crippen LogP contribution in [0.15, 0.2) is 78.9 Å². The Balaban J connectivity index is 1.60. The molecule has 146 valence electrons. The van der Waals surface area contributed by atoms with E-state index in [0.29, 0.717) is 22.5 Å². The minimum Gasteiger partial charge on any atom is -0.343 e. The van der Waals surface area contributed by atoms with Crippen LogP contribution in [0.5, 0.6) is 0 Å². The Hall–Kier alpha value is -3.93. The van der Waals surface area contributed by atoms with Crippen molar-refractivity contribution in [2.24, 2.45) is 0 Å². The molecule has 0 aliphatic carbocycles. The number of nitrogens with one attached hydrogen (secondary N) is 3. The Kier molecular flexibility index (Phi) is 6.37. The van der Waals surface area contributed by atoms with Gasteiger partial charge in [-0.2, -0.15) is 0 Å². The van der Waals surface area contributed by atoms with Crippen molar-refractivity contribution in [2.75, 3.05) is 17.2 Å². The summed E-state index contributed by atoms with van der Waals surface area (Å²) in [4.78, 5) is 36.6. The highest BCUT2D eigenvalue weighted by atomic mass is 16.2. The second-order valence-corrected chi connectivity index (χ2v) is 6.45. The van der Waals surface area contributed by atoms with Gasteiger partial charge in [0.1, 0.15) is 0 Å². The number of hydrogen-bond acceptors (Lipinski definition) is 3. The second kappa shape index (κ2) is 9.32. The zero-order chi connectivity index (χ0) is 20.6. The number of carbonyl (C=O) groups is 3. The molecule has 3 aromatic rings. The van der Waals surface area contributed by atoms with Crippen LogP contribution in [0.25, 0.3) is 0 Å². The maximum Gasteiger partial charge on any atom is 0.255 e. The molecule has 0 spiro atoms. The number of rotatable bonds is 6. The Morgan fingerprint density at radius 3 is 1.93 bits per heavy atom. The first-order chi connectivity index (χ1) is 14.0. The van der Waals surface area contributed by atoms with E-state index in [-0.39, 0.29) is 24.3 Å². The Morgan fingerprint density at radius 2 is 1.31 bits per heavy atom. The number of amides is 3. The number of hydrogen-bond donors (Lipinski definition) is 3. The number of benzene rings is 3. The average molecular weight is 387 g/mol. The van der Waals surface area contributed by atoms with Crippen molar-refractivity contribution in [1.82, 2.24) is 5.32 Å². The van der Waals surface area contributed by atoms with E-state index >= 15 is 0 Å². The topological polar surface area (TPSA) is 87.3 Å². The van der Waals surface area contributed by atoms with Gasteiger partial charge in [0.2, 0.25) is 5.91 Å². The normalized spacial score (nSPS) is 10.1. The summed E-state index contributed by atoms with van der Waals surface area (Å²) >= 11 is 0. The lowest BCUT2D eigenvalue weighted by molar-refractivity contribution is -0.115. The van der Waals surface area contributed by atoms with Crippen LogP contribution >= 0.6 is 0 Å². The third-order valence-corrected chi connectivity index (χ3v) is 4.25. The Morgan fingerprint density at radius 1 is 0.724 bits per heavy atom. The van der Waals surface area contributed by atoms with Gasteiger partial charge in [-0.15, -0.1) is 0 Å². The van der Waals surface area contributed by atoms with Gasteiger partial charge in [-0.3, -0.25) is 14.4 Å². The van der Waals surface area contributed by atoms with Gasteiger partial charge in [-0.25, -0.2) is 0 Å². The molecule has 3 aromatic carbocycles. The lowest BCUT2D eigenvalue weighted by Crippen LogP contribution is -2.33. The predicted molar refractivity (Wildman–Crippen MR) is 113 cm³/mol. The van der Waals surface area contributed by atoms with Gasteiger partial charge < -0.3 is 16.0 Å². The fourth-order valence-electron chi connectivity index (χ4n) is 2.67. The lowest BCUT2D eigenvalue weighted by atomic mass is 10.1. The van der Waals surface area contributed by atoms with E-state index in [0.717, 1.165) is 5.56 Å². The molecule has 0 bridgehead atoms. The minimum absolute atomic E-state index is 0.159. The van der Waals surface area contributed by atoms with Crippen molar-refractivity contribution in [3.05, 3.63) is 95.6 Å². The predicted octanol–water partition coefficient (Wildman–Crippen LogP) is 3.62. The summed E-state index contributed by atoms with van der Waals surface area (Å²) in [5.74, 6) is -0.910. The standard InChI is InChI=1S/C23H21N3O3/c1-16-12-13-19(25-23(29)18-10-6-3-7-11-18)14-20(16)26-21(27)15-24-22(28)17-8-4-2-5-9-17/h2-14H,15H2,1H3,(H,24,28)(H,25,29)(H,26,27). The molecule has 0 fully saturated rings. The van der Waals surface area contributed by atoms with Crippen molar-refractivity contribution in [2.45, 2.75) is 6.92 Å². The van der Waals surface area contributed by atoms with E-state index in [1.807, 2.05) is 19.1 Å². The quantitative estimate of drug-likeness (QED) is 0.604. The van der Waals surface area contributed by atoms with Gasteiger partial charge >= 0.3 is 0 Å². The van der Waals surface area contributed by atoms with E-state index in [2.05, 4.69) is 16.0 Å². The molecule has 0 aliphatic rings. The third kappa shape index (κ3) is 5.52. The summed E-state index contributed by atoms with van der Waals surface area (Å²) in [6.07, 6.45) is 0. The monoisotopic (exact) mass is 387 g/mol. The number of anilines is 2. The van der Waals surface area contributed by atoms with Gasteiger partial charge in [-0.05, 0) is 48.9 Å². The van der Waals surface area contributed by atoms with Gasteiger partial charge in [-0.1, -0.05) is 42.5 Å². The molecule has 3 rings (SSSR count). The van der Waals surface area contributed by atoms with E-state index in [9.17, 15) is 14.4 Å². The molecule has 0 saturated heterocycles. The smallest absolute Gasteiger partial charge is 0.255 e. The van der Waals surface area contributed by atoms with Gasteiger partial charge in [0, 0.05) is 22.5 Å². The molecule has 3 N–H and O–H groups in total. The fraction of sp³-hybridized carbons (Fsp3) is 0.0870. The zero-order valence-electron chi connectivity index (χ0n) is 15.9. The first-order valence-corrected chi connectivity index (χ1v) is 9.13. The van der Waals surface area contributed by atoms with Crippen molar-refractivity contribution >= 4 is 29.1 Å². The van der Waals surface area contributed by atoms with Crippen molar-refractivity contribution < 1.29 is 14.4 Å². The minimum atomic E-state index is -0.357. The molecule has 0 saturated carbocycles. The van der Waals surface area contributed by atoms with Crippen LogP contribution in [0.4, 0.5) is 11.4 Å². The molecule has 29 heavy (non-hydrogen) atoms. The highest BCUT2D eigenvalue weighted by molar-refractivity contribution is 6.05. The summed E-state index contributed by atoms with van der Waals surface area (Å²) < 4.78 is 0. The summed E-state index contributed by atoms with van der Waals surface area (Å²) in [6, 6.07) is 22.8. The molecule has 0 heterocycles. The molecule has 0 atom stereocenters. The van der Waals surface area contributed by atoms with Crippen LogP contribution < -0.4 is 16.0 Å². The van der Waals surface area contributed by atoms with Crippen LogP contribution in [0, 0.1) is 6.92 Å². The van der Waals surface area contributed by atoms with Gasteiger partial charge in [0.15, 0.2) is 0 Å². The highest BCUT2D eigenvalue weighted by Gasteiger charge is 2.11. The van der Waals surface area contributed by atoms with Crippen LogP contribution in [-0.4, -0.2) is 24.3 Å². The first-order valence-electron chi connectivity index (χ1n) is 9.13. The van der Waals surface area contributed by atoms with Crippen LogP contribution in [-0.2, 0) is 4.79 Å². The van der Waals surface area contributed by atoms with Crippen LogP contribution in [0.2, 0.25) is 0 Å². The number of aryl methyl sites for hydroxylation is 1. The summed E-state index contributed by atoms with van der Waals surface area (Å²) in [7, 11) is 0. The molecule has 3 amide bonds. The van der Waals surface area contributed by atoms with Crippen LogP contribution in [0.3, 0.4) is 0 Å². The number of carbonyl (C=O) groups excluding carboxylic acids is 3. The third-order valence-electron chi connectivity index (χ3n) is 4.25. The molecule has 0 radical (unpaired) electrons. The molecule has 0 unspecified atom stereocenters. The fourth-order valence-corrected chi connectivity index (χ4v) is 2.67. The molecule has 6 nitrogen and oxygen atoms in total. The average Bonchev–Trinajstić information content (AvgIpc) is 2.75. The van der Waals surface area contributed by atoms with Crippen LogP contribution in [0.1, 0.15) is 26.3 Å². The SMILES string of the molecule is Cc1ccc(NC(=O)c2ccccc2)cc1NC(=O)CNC(=O)c1ccccc1. The molecular formula is C23H21N3O3. The first kappa shape index (κ1) is 19.8. The second-order valence-electron chi connectivity index (χ2n) is 6.45. The highest BCUT2D eigenvalue weighted by Crippen LogP contribution is 2.21. The van der Waals surface area contributed by atoms with Crippen molar-refractivity contribution in [3.8, 4) is 0 Å². The Labute approximate surface area is 169 Å². The summed E-state index contributed by atoms with van der Waals surface area (Å²) in [6.45, 7) is 1.69. The summed E-state index contributed by atoms with van der Waals surface area (Å²) in [5.41, 5.74) is 3.00. The zero-order valence-corrected chi connectivity index (χ0v) is 15.9. The maximum atomic E-state index is 12.3. The summed E-state index contributed by atoms with van der Waals surface area (Å²) in [5, 5.41) is 8.16. The van der Waals surface area contributed by atoms with Crippen molar-refractivity contribution in [3.63, 3.8) is 0 Å². The molecule has 0 aromatic heterocycles. The Bertz CT molecular complexity index is 1020.